The molecule has 3 heteroatoms. The molecular formula is C5H8N2S. The van der Waals surface area contributed by atoms with Gasteiger partial charge in [-0.05, 0) is 6.08 Å². The molecule has 0 radical (unpaired) electrons. The zero-order valence-electron chi connectivity index (χ0n) is 4.65. The molecule has 0 aliphatic carbocycles. The lowest BCUT2D eigenvalue weighted by Gasteiger charge is -2.19. The average Bonchev–Trinajstić information content (AvgIpc) is 1.77. The second-order valence-corrected chi connectivity index (χ2v) is 2.11. The van der Waals surface area contributed by atoms with E-state index in [2.05, 4.69) is 17.6 Å². The standard InChI is InChI=1S/C5H8N2S/c1-7-4-2-3-6-5(7)8/h2-5,8H,1H3. The molecule has 0 aromatic heterocycles. The molecule has 1 atom stereocenters. The quantitative estimate of drug-likeness (QED) is 0.475. The van der Waals surface area contributed by atoms with Gasteiger partial charge in [0, 0.05) is 19.5 Å². The number of nitrogens with zero attached hydrogens (tertiary/aromatic N) is 2. The molecule has 1 unspecified atom stereocenters. The molecular weight excluding hydrogens is 120 g/mol. The number of hydrogen-bond donors (Lipinski definition) is 1. The molecule has 0 N–H and O–H groups in total. The summed E-state index contributed by atoms with van der Waals surface area (Å²) in [5.74, 6) is 0. The van der Waals surface area contributed by atoms with Gasteiger partial charge in [-0.15, -0.1) is 12.6 Å². The van der Waals surface area contributed by atoms with E-state index in [-0.39, 0.29) is 5.50 Å². The summed E-state index contributed by atoms with van der Waals surface area (Å²) in [4.78, 5) is 5.91. The predicted molar refractivity (Wildman–Crippen MR) is 38.2 cm³/mol. The zero-order chi connectivity index (χ0) is 5.98. The monoisotopic (exact) mass is 128 g/mol. The van der Waals surface area contributed by atoms with E-state index in [4.69, 9.17) is 0 Å². The minimum atomic E-state index is 0.0139. The first-order valence-electron chi connectivity index (χ1n) is 2.40. The van der Waals surface area contributed by atoms with Crippen molar-refractivity contribution in [3.8, 4) is 0 Å². The molecule has 0 amide bonds. The summed E-state index contributed by atoms with van der Waals surface area (Å²) >= 11 is 4.13. The molecule has 0 fully saturated rings. The molecule has 44 valence electrons. The fourth-order valence-electron chi connectivity index (χ4n) is 0.483. The summed E-state index contributed by atoms with van der Waals surface area (Å²) in [6, 6.07) is 0. The summed E-state index contributed by atoms with van der Waals surface area (Å²) in [5.41, 5.74) is 0.0139. The van der Waals surface area contributed by atoms with Crippen LogP contribution in [0.2, 0.25) is 0 Å². The Balaban J connectivity index is 2.59. The van der Waals surface area contributed by atoms with E-state index in [1.165, 1.54) is 0 Å². The van der Waals surface area contributed by atoms with E-state index >= 15 is 0 Å². The fraction of sp³-hybridized carbons (Fsp3) is 0.400. The van der Waals surface area contributed by atoms with Crippen molar-refractivity contribution in [2.24, 2.45) is 4.99 Å². The highest BCUT2D eigenvalue weighted by Crippen LogP contribution is 2.05. The van der Waals surface area contributed by atoms with Gasteiger partial charge in [-0.25, -0.2) is 0 Å². The Labute approximate surface area is 54.3 Å². The van der Waals surface area contributed by atoms with E-state index in [0.717, 1.165) is 0 Å². The maximum atomic E-state index is 4.13. The summed E-state index contributed by atoms with van der Waals surface area (Å²) in [6.07, 6.45) is 5.56. The van der Waals surface area contributed by atoms with Crippen LogP contribution >= 0.6 is 12.6 Å². The Kier molecular flexibility index (Phi) is 1.58. The van der Waals surface area contributed by atoms with Crippen molar-refractivity contribution < 1.29 is 0 Å². The smallest absolute Gasteiger partial charge is 0.165 e. The molecule has 1 aliphatic rings. The number of rotatable bonds is 0. The normalized spacial score (nSPS) is 26.8. The summed E-state index contributed by atoms with van der Waals surface area (Å²) in [7, 11) is 1.94. The minimum Gasteiger partial charge on any atom is -0.351 e. The molecule has 0 bridgehead atoms. The van der Waals surface area contributed by atoms with Crippen LogP contribution in [0.5, 0.6) is 0 Å². The van der Waals surface area contributed by atoms with Crippen molar-refractivity contribution in [1.29, 1.82) is 0 Å². The molecule has 0 spiro atoms. The van der Waals surface area contributed by atoms with E-state index in [9.17, 15) is 0 Å². The van der Waals surface area contributed by atoms with Crippen molar-refractivity contribution in [3.63, 3.8) is 0 Å². The van der Waals surface area contributed by atoms with Gasteiger partial charge in [-0.1, -0.05) is 0 Å². The van der Waals surface area contributed by atoms with Gasteiger partial charge in [0.1, 0.15) is 0 Å². The third kappa shape index (κ3) is 1.04. The first-order valence-corrected chi connectivity index (χ1v) is 2.92. The Bertz CT molecular complexity index is 114. The third-order valence-electron chi connectivity index (χ3n) is 0.991. The van der Waals surface area contributed by atoms with E-state index in [1.54, 1.807) is 6.21 Å². The molecule has 0 aromatic rings. The van der Waals surface area contributed by atoms with Gasteiger partial charge < -0.3 is 4.90 Å². The lowest BCUT2D eigenvalue weighted by atomic mass is 10.6. The van der Waals surface area contributed by atoms with Crippen LogP contribution in [-0.2, 0) is 0 Å². The van der Waals surface area contributed by atoms with Crippen molar-refractivity contribution in [2.45, 2.75) is 5.50 Å². The predicted octanol–water partition coefficient (Wildman–Crippen LogP) is 0.730. The number of aliphatic imine (C=N–C) groups is 1. The van der Waals surface area contributed by atoms with Crippen molar-refractivity contribution in [2.75, 3.05) is 7.05 Å². The van der Waals surface area contributed by atoms with Crippen LogP contribution in [0.1, 0.15) is 0 Å². The van der Waals surface area contributed by atoms with Gasteiger partial charge >= 0.3 is 0 Å². The molecule has 1 heterocycles. The molecule has 8 heavy (non-hydrogen) atoms. The molecule has 0 saturated heterocycles. The maximum absolute atomic E-state index is 4.13. The summed E-state index contributed by atoms with van der Waals surface area (Å²) in [5, 5.41) is 0. The SMILES string of the molecule is CN1C=CC=NC1S. The number of hydrogen-bond acceptors (Lipinski definition) is 3. The lowest BCUT2D eigenvalue weighted by Crippen LogP contribution is -2.21. The lowest BCUT2D eigenvalue weighted by molar-refractivity contribution is 0.438. The Morgan fingerprint density at radius 2 is 2.50 bits per heavy atom. The second kappa shape index (κ2) is 2.22. The van der Waals surface area contributed by atoms with Gasteiger partial charge in [0.2, 0.25) is 0 Å². The van der Waals surface area contributed by atoms with Crippen LogP contribution in [0.3, 0.4) is 0 Å². The maximum Gasteiger partial charge on any atom is 0.165 e. The van der Waals surface area contributed by atoms with Gasteiger partial charge in [-0.2, -0.15) is 0 Å². The topological polar surface area (TPSA) is 15.6 Å². The van der Waals surface area contributed by atoms with Crippen LogP contribution < -0.4 is 0 Å². The second-order valence-electron chi connectivity index (χ2n) is 1.65. The van der Waals surface area contributed by atoms with E-state index in [1.807, 2.05) is 24.2 Å². The number of thiol groups is 1. The average molecular weight is 128 g/mol. The highest BCUT2D eigenvalue weighted by molar-refractivity contribution is 7.80. The Morgan fingerprint density at radius 1 is 1.75 bits per heavy atom. The van der Waals surface area contributed by atoms with Gasteiger partial charge in [0.15, 0.2) is 5.50 Å². The first kappa shape index (κ1) is 5.69. The molecule has 1 rings (SSSR count). The Hall–Kier alpha value is -0.440. The van der Waals surface area contributed by atoms with Crippen molar-refractivity contribution in [1.82, 2.24) is 4.90 Å². The fourth-order valence-corrected chi connectivity index (χ4v) is 0.637. The molecule has 0 aromatic carbocycles. The van der Waals surface area contributed by atoms with Crippen LogP contribution in [0.25, 0.3) is 0 Å². The Morgan fingerprint density at radius 3 is 2.88 bits per heavy atom. The highest BCUT2D eigenvalue weighted by Gasteiger charge is 2.02. The van der Waals surface area contributed by atoms with Gasteiger partial charge in [-0.3, -0.25) is 4.99 Å². The van der Waals surface area contributed by atoms with Gasteiger partial charge in [0.05, 0.1) is 0 Å². The number of allylic oxidation sites excluding steroid dienone is 1. The largest absolute Gasteiger partial charge is 0.351 e. The molecule has 2 nitrogen and oxygen atoms in total. The van der Waals surface area contributed by atoms with Gasteiger partial charge in [0.25, 0.3) is 0 Å². The highest BCUT2D eigenvalue weighted by atomic mass is 32.1. The molecule has 1 aliphatic heterocycles. The van der Waals surface area contributed by atoms with Crippen LogP contribution in [0, 0.1) is 0 Å². The van der Waals surface area contributed by atoms with Crippen LogP contribution in [0.4, 0.5) is 0 Å². The van der Waals surface area contributed by atoms with Crippen LogP contribution in [-0.4, -0.2) is 23.7 Å². The first-order chi connectivity index (χ1) is 3.80. The minimum absolute atomic E-state index is 0.0139. The summed E-state index contributed by atoms with van der Waals surface area (Å²) in [6.45, 7) is 0. The zero-order valence-corrected chi connectivity index (χ0v) is 5.55. The third-order valence-corrected chi connectivity index (χ3v) is 1.49. The van der Waals surface area contributed by atoms with Crippen molar-refractivity contribution in [3.05, 3.63) is 12.3 Å². The van der Waals surface area contributed by atoms with Crippen molar-refractivity contribution >= 4 is 18.8 Å². The molecule has 0 saturated carbocycles. The van der Waals surface area contributed by atoms with E-state index in [0.29, 0.717) is 0 Å². The van der Waals surface area contributed by atoms with Crippen LogP contribution in [0.15, 0.2) is 17.3 Å². The summed E-state index contributed by atoms with van der Waals surface area (Å²) < 4.78 is 0. The van der Waals surface area contributed by atoms with E-state index < -0.39 is 0 Å².